The number of nitrogens with two attached hydrogens (primary N) is 3. The van der Waals surface area contributed by atoms with Gasteiger partial charge in [0.05, 0.1) is 0 Å². The van der Waals surface area contributed by atoms with E-state index in [0.29, 0.717) is 5.38 Å². The Morgan fingerprint density at radius 1 is 1.08 bits per heavy atom. The van der Waals surface area contributed by atoms with Crippen LogP contribution >= 0.6 is 11.6 Å². The minimum atomic E-state index is 0.394. The van der Waals surface area contributed by atoms with Crippen molar-refractivity contribution in [2.24, 2.45) is 17.2 Å². The summed E-state index contributed by atoms with van der Waals surface area (Å²) in [6, 6.07) is 0. The molecule has 0 amide bonds. The first-order valence-electron chi connectivity index (χ1n) is 4.10. The van der Waals surface area contributed by atoms with Crippen LogP contribution in [0.1, 0.15) is 19.3 Å². The molecule has 4 heteroatoms. The summed E-state index contributed by atoms with van der Waals surface area (Å²) in [5.74, 6) is 0. The maximum Gasteiger partial charge on any atom is 0.0367 e. The van der Waals surface area contributed by atoms with E-state index in [1.807, 2.05) is 0 Å². The molecule has 0 aromatic heterocycles. The fraction of sp³-hybridized carbons (Fsp3) is 0.875. The fourth-order valence-electron chi connectivity index (χ4n) is 0.729. The Morgan fingerprint density at radius 2 is 1.50 bits per heavy atom. The van der Waals surface area contributed by atoms with Gasteiger partial charge >= 0.3 is 0 Å². The van der Waals surface area contributed by atoms with E-state index in [1.165, 1.54) is 40.4 Å². The molecule has 0 saturated heterocycles. The van der Waals surface area contributed by atoms with Gasteiger partial charge in [-0.25, -0.2) is 0 Å². The zero-order valence-electron chi connectivity index (χ0n) is 8.39. The number of halogens is 1. The van der Waals surface area contributed by atoms with E-state index < -0.39 is 0 Å². The molecule has 6 N–H and O–H groups in total. The first-order valence-corrected chi connectivity index (χ1v) is 4.54. The molecule has 1 fully saturated rings. The smallest absolute Gasteiger partial charge is 0.0367 e. The van der Waals surface area contributed by atoms with Crippen molar-refractivity contribution in [3.05, 3.63) is 6.42 Å². The normalized spacial score (nSPS) is 14.2. The Hall–Kier alpha value is 0.170. The van der Waals surface area contributed by atoms with E-state index in [-0.39, 0.29) is 0 Å². The van der Waals surface area contributed by atoms with Crippen LogP contribution in [0.15, 0.2) is 0 Å². The van der Waals surface area contributed by atoms with E-state index >= 15 is 0 Å². The molecule has 1 aliphatic carbocycles. The summed E-state index contributed by atoms with van der Waals surface area (Å²) >= 11 is 5.66. The predicted molar refractivity (Wildman–Crippen MR) is 58.1 cm³/mol. The second-order valence-corrected chi connectivity index (χ2v) is 2.24. The molecule has 0 spiro atoms. The Morgan fingerprint density at radius 3 is 1.58 bits per heavy atom. The lowest BCUT2D eigenvalue weighted by atomic mass is 10.4. The van der Waals surface area contributed by atoms with Gasteiger partial charge in [0.15, 0.2) is 0 Å². The number of alkyl halides is 1. The number of rotatable bonds is 0. The summed E-state index contributed by atoms with van der Waals surface area (Å²) in [7, 11) is 4.50. The van der Waals surface area contributed by atoms with Gasteiger partial charge in [-0.05, 0) is 40.4 Å². The van der Waals surface area contributed by atoms with E-state index in [4.69, 9.17) is 11.6 Å². The Labute approximate surface area is 81.6 Å². The van der Waals surface area contributed by atoms with Crippen molar-refractivity contribution >= 4 is 11.6 Å². The van der Waals surface area contributed by atoms with Gasteiger partial charge in [-0.1, -0.05) is 6.42 Å². The topological polar surface area (TPSA) is 78.1 Å². The van der Waals surface area contributed by atoms with Crippen LogP contribution in [0.2, 0.25) is 0 Å². The largest absolute Gasteiger partial charge is 0.333 e. The molecule has 77 valence electrons. The molecular weight excluding hydrogens is 174 g/mol. The highest BCUT2D eigenvalue weighted by Crippen LogP contribution is 2.21. The highest BCUT2D eigenvalue weighted by molar-refractivity contribution is 6.21. The van der Waals surface area contributed by atoms with Crippen molar-refractivity contribution in [2.45, 2.75) is 24.6 Å². The molecule has 1 unspecified atom stereocenters. The highest BCUT2D eigenvalue weighted by Gasteiger charge is 2.10. The zero-order chi connectivity index (χ0) is 10.4. The standard InChI is InChI=1S/C5H8Cl.3CH5N/c6-5-3-1-2-4-5;3*1-2/h3,5H,1-2,4H2;3*2H2,1H3. The molecule has 0 aliphatic heterocycles. The molecule has 1 saturated carbocycles. The summed E-state index contributed by atoms with van der Waals surface area (Å²) in [5.41, 5.74) is 13.5. The second-order valence-electron chi connectivity index (χ2n) is 1.68. The van der Waals surface area contributed by atoms with Crippen LogP contribution in [-0.4, -0.2) is 26.5 Å². The van der Waals surface area contributed by atoms with Crippen LogP contribution in [0.5, 0.6) is 0 Å². The van der Waals surface area contributed by atoms with Gasteiger partial charge in [-0.2, -0.15) is 0 Å². The van der Waals surface area contributed by atoms with Gasteiger partial charge in [0.1, 0.15) is 0 Å². The molecule has 0 aromatic carbocycles. The van der Waals surface area contributed by atoms with Gasteiger partial charge in [0.25, 0.3) is 0 Å². The van der Waals surface area contributed by atoms with Crippen molar-refractivity contribution in [1.29, 1.82) is 0 Å². The first-order chi connectivity index (χ1) is 5.89. The van der Waals surface area contributed by atoms with Gasteiger partial charge in [0.2, 0.25) is 0 Å². The van der Waals surface area contributed by atoms with Crippen LogP contribution in [-0.2, 0) is 0 Å². The van der Waals surface area contributed by atoms with Crippen molar-refractivity contribution < 1.29 is 0 Å². The Balaban J connectivity index is -0.000000117. The SMILES string of the molecule is CN.CN.CN.ClC1[CH]CCC1. The molecular formula is C8H23ClN3. The van der Waals surface area contributed by atoms with Gasteiger partial charge in [0, 0.05) is 5.38 Å². The average Bonchev–Trinajstić information content (AvgIpc) is 2.66. The molecule has 1 atom stereocenters. The maximum absolute atomic E-state index is 5.66. The van der Waals surface area contributed by atoms with Gasteiger partial charge in [-0.3, -0.25) is 0 Å². The Bertz CT molecular complexity index is 47.6. The Kier molecular flexibility index (Phi) is 33.8. The molecule has 1 rings (SSSR count). The third-order valence-electron chi connectivity index (χ3n) is 1.11. The number of hydrogen-bond donors (Lipinski definition) is 3. The van der Waals surface area contributed by atoms with Crippen LogP contribution in [0.4, 0.5) is 0 Å². The lowest BCUT2D eigenvalue weighted by Crippen LogP contribution is -1.84. The highest BCUT2D eigenvalue weighted by atomic mass is 35.5. The van der Waals surface area contributed by atoms with E-state index in [9.17, 15) is 0 Å². The fourth-order valence-corrected chi connectivity index (χ4v) is 1.01. The van der Waals surface area contributed by atoms with Crippen LogP contribution in [0.25, 0.3) is 0 Å². The summed E-state index contributed by atoms with van der Waals surface area (Å²) in [6.07, 6.45) is 5.89. The van der Waals surface area contributed by atoms with Crippen molar-refractivity contribution in [1.82, 2.24) is 0 Å². The first kappa shape index (κ1) is 18.1. The molecule has 12 heavy (non-hydrogen) atoms. The van der Waals surface area contributed by atoms with Crippen LogP contribution < -0.4 is 17.2 Å². The minimum absolute atomic E-state index is 0.394. The summed E-state index contributed by atoms with van der Waals surface area (Å²) < 4.78 is 0. The molecule has 0 aromatic rings. The van der Waals surface area contributed by atoms with Crippen molar-refractivity contribution in [3.63, 3.8) is 0 Å². The lowest BCUT2D eigenvalue weighted by molar-refractivity contribution is 0.889. The maximum atomic E-state index is 5.66. The number of hydrogen-bond acceptors (Lipinski definition) is 3. The molecule has 1 aliphatic rings. The predicted octanol–water partition coefficient (Wildman–Crippen LogP) is 0.707. The summed E-state index contributed by atoms with van der Waals surface area (Å²) in [6.45, 7) is 0. The third-order valence-corrected chi connectivity index (χ3v) is 1.50. The minimum Gasteiger partial charge on any atom is -0.333 e. The molecule has 0 bridgehead atoms. The van der Waals surface area contributed by atoms with Gasteiger partial charge in [-0.15, -0.1) is 11.6 Å². The average molecular weight is 197 g/mol. The van der Waals surface area contributed by atoms with Crippen molar-refractivity contribution in [2.75, 3.05) is 21.1 Å². The van der Waals surface area contributed by atoms with Gasteiger partial charge < -0.3 is 17.2 Å². The van der Waals surface area contributed by atoms with E-state index in [1.54, 1.807) is 0 Å². The van der Waals surface area contributed by atoms with Crippen LogP contribution in [0.3, 0.4) is 0 Å². The molecule has 0 heterocycles. The van der Waals surface area contributed by atoms with Crippen molar-refractivity contribution in [3.8, 4) is 0 Å². The summed E-state index contributed by atoms with van der Waals surface area (Å²) in [4.78, 5) is 0. The van der Waals surface area contributed by atoms with E-state index in [2.05, 4.69) is 23.6 Å². The molecule has 1 radical (unpaired) electrons. The summed E-state index contributed by atoms with van der Waals surface area (Å²) in [5, 5.41) is 0.394. The van der Waals surface area contributed by atoms with E-state index in [0.717, 1.165) is 0 Å². The lowest BCUT2D eigenvalue weighted by Gasteiger charge is -1.87. The van der Waals surface area contributed by atoms with Crippen LogP contribution in [0, 0.1) is 6.42 Å². The monoisotopic (exact) mass is 196 g/mol. The molecule has 3 nitrogen and oxygen atoms in total. The quantitative estimate of drug-likeness (QED) is 0.500. The third kappa shape index (κ3) is 16.6. The zero-order valence-corrected chi connectivity index (χ0v) is 9.14. The second kappa shape index (κ2) is 22.5.